The zero-order chi connectivity index (χ0) is 26.3. The third kappa shape index (κ3) is 4.37. The van der Waals surface area contributed by atoms with Crippen molar-refractivity contribution >= 4 is 50.6 Å². The third-order valence-electron chi connectivity index (χ3n) is 9.12. The van der Waals surface area contributed by atoms with Crippen molar-refractivity contribution in [2.75, 3.05) is 0 Å². The number of hydrogen-bond acceptors (Lipinski definition) is 2. The summed E-state index contributed by atoms with van der Waals surface area (Å²) in [5.74, 6) is 8.11. The summed E-state index contributed by atoms with van der Waals surface area (Å²) in [4.78, 5) is 1.39. The van der Waals surface area contributed by atoms with Crippen molar-refractivity contribution in [2.24, 2.45) is 0 Å². The maximum Gasteiger partial charge on any atom is 0.444 e. The van der Waals surface area contributed by atoms with Gasteiger partial charge < -0.3 is 4.48 Å². The molecule has 3 heterocycles. The second-order valence-electron chi connectivity index (χ2n) is 12.5. The van der Waals surface area contributed by atoms with Crippen molar-refractivity contribution in [3.05, 3.63) is 23.0 Å². The summed E-state index contributed by atoms with van der Waals surface area (Å²) in [6.07, 6.45) is 0.792. The molecular formula is C29H46BNS2Si2. The Bertz CT molecular complexity index is 1030. The number of aromatic nitrogens is 1. The van der Waals surface area contributed by atoms with Gasteiger partial charge in [0.1, 0.15) is 22.3 Å². The summed E-state index contributed by atoms with van der Waals surface area (Å²) in [6, 6.07) is 2.33. The molecule has 1 nitrogen and oxygen atoms in total. The van der Waals surface area contributed by atoms with Crippen LogP contribution in [0, 0.1) is 22.7 Å². The molecule has 0 radical (unpaired) electrons. The lowest BCUT2D eigenvalue weighted by Crippen LogP contribution is -2.67. The first-order chi connectivity index (χ1) is 16.3. The van der Waals surface area contributed by atoms with Gasteiger partial charge in [0, 0.05) is 0 Å². The van der Waals surface area contributed by atoms with E-state index in [1.54, 1.807) is 0 Å². The van der Waals surface area contributed by atoms with Crippen LogP contribution < -0.4 is 9.94 Å². The van der Waals surface area contributed by atoms with Gasteiger partial charge in [-0.2, -0.15) is 11.1 Å². The van der Waals surface area contributed by atoms with E-state index >= 15 is 0 Å². The Kier molecular flexibility index (Phi) is 8.45. The molecule has 0 saturated heterocycles. The fourth-order valence-electron chi connectivity index (χ4n) is 7.39. The van der Waals surface area contributed by atoms with Crippen molar-refractivity contribution in [3.63, 3.8) is 0 Å². The molecule has 2 aromatic heterocycles. The summed E-state index contributed by atoms with van der Waals surface area (Å²) in [6.45, 7) is 28.9. The van der Waals surface area contributed by atoms with E-state index in [1.165, 1.54) is 15.3 Å². The highest BCUT2D eigenvalue weighted by Crippen LogP contribution is 2.42. The van der Waals surface area contributed by atoms with E-state index in [0.29, 0.717) is 33.2 Å². The Hall–Kier alpha value is -1.05. The molecular weight excluding hydrogens is 493 g/mol. The largest absolute Gasteiger partial charge is 0.444 e. The predicted molar refractivity (Wildman–Crippen MR) is 166 cm³/mol. The van der Waals surface area contributed by atoms with E-state index in [2.05, 4.69) is 133 Å². The van der Waals surface area contributed by atoms with Crippen LogP contribution in [0.1, 0.15) is 83.1 Å². The molecule has 1 aliphatic rings. The van der Waals surface area contributed by atoms with Crippen LogP contribution in [0.3, 0.4) is 0 Å². The second-order valence-corrected chi connectivity index (χ2v) is 25.4. The Morgan fingerprint density at radius 2 is 1.09 bits per heavy atom. The summed E-state index contributed by atoms with van der Waals surface area (Å²) in [5.41, 5.74) is 13.3. The van der Waals surface area contributed by atoms with Gasteiger partial charge in [0.25, 0.3) is 0 Å². The number of rotatable bonds is 6. The first-order valence-corrected chi connectivity index (χ1v) is 19.8. The Labute approximate surface area is 226 Å². The van der Waals surface area contributed by atoms with Crippen LogP contribution in [0.5, 0.6) is 0 Å². The first kappa shape index (κ1) is 28.5. The smallest absolute Gasteiger partial charge is 0.383 e. The van der Waals surface area contributed by atoms with Crippen LogP contribution in [0.25, 0.3) is 9.88 Å². The van der Waals surface area contributed by atoms with Crippen LogP contribution in [0.15, 0.2) is 23.0 Å². The minimum Gasteiger partial charge on any atom is -0.383 e. The van der Waals surface area contributed by atoms with Crippen molar-refractivity contribution in [1.29, 1.82) is 0 Å². The highest BCUT2D eigenvalue weighted by molar-refractivity contribution is 7.23. The van der Waals surface area contributed by atoms with Crippen molar-refractivity contribution in [1.82, 2.24) is 0 Å². The number of fused-ring (bicyclic) bond motifs is 3. The van der Waals surface area contributed by atoms with E-state index in [9.17, 15) is 0 Å². The fraction of sp³-hybridized carbons (Fsp3) is 0.621. The molecule has 0 aromatic carbocycles. The van der Waals surface area contributed by atoms with Gasteiger partial charge in [0.05, 0.1) is 10.3 Å². The summed E-state index contributed by atoms with van der Waals surface area (Å²) in [7, 11) is -3.79. The maximum atomic E-state index is 4.12. The topological polar surface area (TPSA) is 3.88 Å². The molecule has 0 bridgehead atoms. The standard InChI is InChI=1S/C29H46BNS2Si2/c1-21(2)34(22(3)4,23(5)6)19-14-30(15-20-35(24(7)8,25(9)10)26(11)12)27-13-17-32-28(27)29-31(30)16-18-33-29/h13,16-18,21-26H,1-12H3. The second kappa shape index (κ2) is 10.4. The monoisotopic (exact) mass is 539 g/mol. The van der Waals surface area contributed by atoms with Crippen molar-refractivity contribution in [3.8, 4) is 32.6 Å². The Balaban J connectivity index is 2.40. The highest BCUT2D eigenvalue weighted by atomic mass is 32.1. The van der Waals surface area contributed by atoms with Gasteiger partial charge >= 0.3 is 6.28 Å². The Morgan fingerprint density at radius 1 is 0.657 bits per heavy atom. The molecule has 1 aliphatic heterocycles. The van der Waals surface area contributed by atoms with E-state index in [1.807, 2.05) is 22.7 Å². The van der Waals surface area contributed by atoms with E-state index in [0.717, 1.165) is 0 Å². The van der Waals surface area contributed by atoms with Gasteiger partial charge in [-0.1, -0.05) is 106 Å². The molecule has 0 spiro atoms. The van der Waals surface area contributed by atoms with E-state index < -0.39 is 22.4 Å². The van der Waals surface area contributed by atoms with Crippen LogP contribution >= 0.6 is 22.7 Å². The third-order valence-corrected chi connectivity index (χ3v) is 23.7. The molecule has 0 fully saturated rings. The molecule has 0 N–H and O–H groups in total. The van der Waals surface area contributed by atoms with Crippen molar-refractivity contribution < 1.29 is 4.48 Å². The van der Waals surface area contributed by atoms with Gasteiger partial charge in [-0.3, -0.25) is 0 Å². The lowest BCUT2D eigenvalue weighted by molar-refractivity contribution is -0.518. The lowest BCUT2D eigenvalue weighted by atomic mass is 9.34. The van der Waals surface area contributed by atoms with Crippen molar-refractivity contribution in [2.45, 2.75) is 116 Å². The fourth-order valence-corrected chi connectivity index (χ4v) is 20.1. The van der Waals surface area contributed by atoms with Crippen LogP contribution in [0.2, 0.25) is 33.2 Å². The summed E-state index contributed by atoms with van der Waals surface area (Å²) in [5, 5.41) is 5.83. The van der Waals surface area contributed by atoms with Gasteiger partial charge in [0.15, 0.2) is 0 Å². The first-order valence-electron chi connectivity index (χ1n) is 13.6. The number of hydrogen-bond donors (Lipinski definition) is 0. The SMILES string of the molecule is CC(C)[Si](C#C[B-]1(C#C[Si](C(C)C)(C(C)C)C(C)C)c2ccsc2-c2scc[n+]21)(C(C)C)C(C)C. The molecule has 2 aromatic rings. The van der Waals surface area contributed by atoms with Gasteiger partial charge in [-0.25, -0.2) is 11.6 Å². The molecule has 0 atom stereocenters. The maximum absolute atomic E-state index is 4.12. The molecule has 0 amide bonds. The molecule has 190 valence electrons. The molecule has 35 heavy (non-hydrogen) atoms. The molecule has 6 heteroatoms. The number of thiophene rings is 1. The number of thiazole rings is 1. The zero-order valence-electron chi connectivity index (χ0n) is 24.1. The minimum absolute atomic E-state index is 0.613. The highest BCUT2D eigenvalue weighted by Gasteiger charge is 2.50. The average molecular weight is 540 g/mol. The lowest BCUT2D eigenvalue weighted by Gasteiger charge is -2.39. The van der Waals surface area contributed by atoms with E-state index in [-0.39, 0.29) is 0 Å². The normalized spacial score (nSPS) is 15.0. The Morgan fingerprint density at radius 3 is 1.49 bits per heavy atom. The van der Waals surface area contributed by atoms with E-state index in [4.69, 9.17) is 0 Å². The summed E-state index contributed by atoms with van der Waals surface area (Å²) >= 11 is 3.70. The number of nitrogens with zero attached hydrogens (tertiary/aromatic N) is 1. The minimum atomic E-state index is -1.89. The summed E-state index contributed by atoms with van der Waals surface area (Å²) < 4.78 is 2.48. The molecule has 0 saturated carbocycles. The molecule has 0 unspecified atom stereocenters. The van der Waals surface area contributed by atoms with Gasteiger partial charge in [-0.15, -0.1) is 11.3 Å². The van der Waals surface area contributed by atoms with Gasteiger partial charge in [-0.05, 0) is 38.6 Å². The molecule has 0 aliphatic carbocycles. The quantitative estimate of drug-likeness (QED) is 0.257. The predicted octanol–water partition coefficient (Wildman–Crippen LogP) is 8.30. The van der Waals surface area contributed by atoms with Crippen LogP contribution in [0.4, 0.5) is 0 Å². The molecule has 3 rings (SSSR count). The average Bonchev–Trinajstić information content (AvgIpc) is 3.44. The zero-order valence-corrected chi connectivity index (χ0v) is 27.7. The van der Waals surface area contributed by atoms with Crippen LogP contribution in [-0.4, -0.2) is 22.4 Å². The van der Waals surface area contributed by atoms with Gasteiger partial charge in [0.2, 0.25) is 5.01 Å². The van der Waals surface area contributed by atoms with Crippen LogP contribution in [-0.2, 0) is 0 Å².